The van der Waals surface area contributed by atoms with Crippen molar-refractivity contribution in [2.24, 2.45) is 0 Å². The maximum atomic E-state index is 11.6. The van der Waals surface area contributed by atoms with Crippen LogP contribution in [0.5, 0.6) is 17.2 Å². The number of pyridine rings is 1. The van der Waals surface area contributed by atoms with Gasteiger partial charge in [-0.2, -0.15) is 0 Å². The van der Waals surface area contributed by atoms with E-state index in [1.807, 2.05) is 0 Å². The lowest BCUT2D eigenvalue weighted by Crippen LogP contribution is -2.10. The van der Waals surface area contributed by atoms with Crippen molar-refractivity contribution in [1.29, 1.82) is 0 Å². The Labute approximate surface area is 167 Å². The third-order valence-electron chi connectivity index (χ3n) is 3.86. The molecule has 0 radical (unpaired) electrons. The van der Waals surface area contributed by atoms with Gasteiger partial charge in [-0.15, -0.1) is 0 Å². The number of anilines is 2. The highest BCUT2D eigenvalue weighted by Crippen LogP contribution is 2.36. The zero-order chi connectivity index (χ0) is 20.1. The van der Waals surface area contributed by atoms with E-state index < -0.39 is 0 Å². The number of rotatable bonds is 7. The highest BCUT2D eigenvalue weighted by atomic mass is 35.5. The lowest BCUT2D eigenvalue weighted by molar-refractivity contribution is -0.114. The molecule has 0 saturated heterocycles. The third-order valence-corrected chi connectivity index (χ3v) is 4.19. The van der Waals surface area contributed by atoms with Crippen molar-refractivity contribution in [3.8, 4) is 17.2 Å². The molecule has 0 unspecified atom stereocenters. The number of carbonyl (C=O) groups is 1. The minimum Gasteiger partial charge on any atom is -0.489 e. The average Bonchev–Trinajstić information content (AvgIpc) is 2.65. The second-order valence-corrected chi connectivity index (χ2v) is 6.39. The van der Waals surface area contributed by atoms with Gasteiger partial charge in [-0.3, -0.25) is 9.78 Å². The largest absolute Gasteiger partial charge is 0.489 e. The zero-order valence-corrected chi connectivity index (χ0v) is 16.2. The summed E-state index contributed by atoms with van der Waals surface area (Å²) in [6.07, 6.45) is 1.63. The van der Waals surface area contributed by atoms with Crippen molar-refractivity contribution in [2.75, 3.05) is 31.4 Å². The molecule has 0 atom stereocenters. The van der Waals surface area contributed by atoms with E-state index in [0.29, 0.717) is 57.8 Å². The first-order valence-electron chi connectivity index (χ1n) is 8.53. The molecule has 0 bridgehead atoms. The molecule has 7 nitrogen and oxygen atoms in total. The number of nitrogens with two attached hydrogens (primary N) is 1. The molecule has 28 heavy (non-hydrogen) atoms. The highest BCUT2D eigenvalue weighted by Gasteiger charge is 2.13. The first-order valence-corrected chi connectivity index (χ1v) is 8.90. The van der Waals surface area contributed by atoms with Gasteiger partial charge in [-0.1, -0.05) is 11.6 Å². The first kappa shape index (κ1) is 19.7. The number of benzene rings is 2. The summed E-state index contributed by atoms with van der Waals surface area (Å²) in [5.41, 5.74) is 7.39. The van der Waals surface area contributed by atoms with Crippen molar-refractivity contribution in [3.05, 3.63) is 47.6 Å². The van der Waals surface area contributed by atoms with Crippen molar-refractivity contribution in [1.82, 2.24) is 4.98 Å². The van der Waals surface area contributed by atoms with Gasteiger partial charge in [0.1, 0.15) is 23.9 Å². The lowest BCUT2D eigenvalue weighted by Gasteiger charge is -2.15. The Hall–Kier alpha value is -3.03. The second-order valence-electron chi connectivity index (χ2n) is 5.98. The van der Waals surface area contributed by atoms with Gasteiger partial charge >= 0.3 is 0 Å². The van der Waals surface area contributed by atoms with Crippen LogP contribution >= 0.6 is 11.6 Å². The fourth-order valence-electron chi connectivity index (χ4n) is 2.58. The Balaban J connectivity index is 2.01. The number of carbonyl (C=O) groups excluding carboxylic acids is 1. The summed E-state index contributed by atoms with van der Waals surface area (Å²) in [5.74, 6) is 1.38. The number of fused-ring (bicyclic) bond motifs is 1. The van der Waals surface area contributed by atoms with E-state index in [4.69, 9.17) is 31.5 Å². The summed E-state index contributed by atoms with van der Waals surface area (Å²) < 4.78 is 16.7. The van der Waals surface area contributed by atoms with Crippen LogP contribution in [0.3, 0.4) is 0 Å². The van der Waals surface area contributed by atoms with E-state index in [9.17, 15) is 4.79 Å². The molecule has 0 saturated carbocycles. The molecule has 3 aromatic rings. The van der Waals surface area contributed by atoms with Gasteiger partial charge in [0, 0.05) is 37.7 Å². The Kier molecular flexibility index (Phi) is 6.18. The molecule has 0 aliphatic rings. The van der Waals surface area contributed by atoms with Gasteiger partial charge in [-0.25, -0.2) is 0 Å². The Morgan fingerprint density at radius 2 is 2.00 bits per heavy atom. The van der Waals surface area contributed by atoms with Crippen LogP contribution in [0.1, 0.15) is 6.92 Å². The molecule has 0 spiro atoms. The standard InChI is InChI=1S/C20H20ClN3O4/c1-12(25)24-18-10-14-17(11-20(18)27-8-7-26-2)23-6-5-19(14)28-13-3-4-16(22)15(21)9-13/h3-6,9-11H,7-8,22H2,1-2H3,(H,24,25). The summed E-state index contributed by atoms with van der Waals surface area (Å²) in [5, 5.41) is 3.89. The maximum Gasteiger partial charge on any atom is 0.221 e. The van der Waals surface area contributed by atoms with Crippen molar-refractivity contribution in [3.63, 3.8) is 0 Å². The summed E-state index contributed by atoms with van der Waals surface area (Å²) >= 11 is 6.07. The predicted octanol–water partition coefficient (Wildman–Crippen LogP) is 4.25. The Morgan fingerprint density at radius 1 is 1.18 bits per heavy atom. The van der Waals surface area contributed by atoms with E-state index in [1.54, 1.807) is 49.7 Å². The van der Waals surface area contributed by atoms with E-state index >= 15 is 0 Å². The number of halogens is 1. The minimum absolute atomic E-state index is 0.215. The molecule has 146 valence electrons. The second kappa shape index (κ2) is 8.77. The van der Waals surface area contributed by atoms with Crippen molar-refractivity contribution in [2.45, 2.75) is 6.92 Å². The van der Waals surface area contributed by atoms with Crippen molar-refractivity contribution >= 4 is 39.8 Å². The number of nitrogens with zero attached hydrogens (tertiary/aromatic N) is 1. The summed E-state index contributed by atoms with van der Waals surface area (Å²) in [4.78, 5) is 16.0. The number of nitrogen functional groups attached to an aromatic ring is 1. The van der Waals surface area contributed by atoms with Crippen LogP contribution in [0, 0.1) is 0 Å². The van der Waals surface area contributed by atoms with Gasteiger partial charge < -0.3 is 25.3 Å². The quantitative estimate of drug-likeness (QED) is 0.454. The predicted molar refractivity (Wildman–Crippen MR) is 109 cm³/mol. The van der Waals surface area contributed by atoms with Crippen LogP contribution in [-0.4, -0.2) is 31.2 Å². The van der Waals surface area contributed by atoms with Crippen LogP contribution in [0.15, 0.2) is 42.6 Å². The topological polar surface area (TPSA) is 95.7 Å². The number of amides is 1. The molecule has 1 amide bonds. The molecular weight excluding hydrogens is 382 g/mol. The number of hydrogen-bond acceptors (Lipinski definition) is 6. The van der Waals surface area contributed by atoms with E-state index in [-0.39, 0.29) is 5.91 Å². The molecule has 0 fully saturated rings. The van der Waals surface area contributed by atoms with Crippen LogP contribution in [0.4, 0.5) is 11.4 Å². The molecule has 8 heteroatoms. The first-order chi connectivity index (χ1) is 13.5. The van der Waals surface area contributed by atoms with Crippen LogP contribution in [0.2, 0.25) is 5.02 Å². The van der Waals surface area contributed by atoms with Gasteiger partial charge in [-0.05, 0) is 24.3 Å². The van der Waals surface area contributed by atoms with Gasteiger partial charge in [0.15, 0.2) is 0 Å². The number of nitrogens with one attached hydrogen (secondary N) is 1. The van der Waals surface area contributed by atoms with Crippen molar-refractivity contribution < 1.29 is 19.0 Å². The molecule has 0 aliphatic carbocycles. The van der Waals surface area contributed by atoms with E-state index in [0.717, 1.165) is 0 Å². The molecule has 1 aromatic heterocycles. The minimum atomic E-state index is -0.215. The SMILES string of the molecule is COCCOc1cc2nccc(Oc3ccc(N)c(Cl)c3)c2cc1NC(C)=O. The summed E-state index contributed by atoms with van der Waals surface area (Å²) in [6, 6.07) is 10.3. The lowest BCUT2D eigenvalue weighted by atomic mass is 10.1. The summed E-state index contributed by atoms with van der Waals surface area (Å²) in [7, 11) is 1.59. The van der Waals surface area contributed by atoms with Crippen LogP contribution in [0.25, 0.3) is 10.9 Å². The fourth-order valence-corrected chi connectivity index (χ4v) is 2.75. The summed E-state index contributed by atoms with van der Waals surface area (Å²) in [6.45, 7) is 2.20. The van der Waals surface area contributed by atoms with E-state index in [2.05, 4.69) is 10.3 Å². The zero-order valence-electron chi connectivity index (χ0n) is 15.5. The third kappa shape index (κ3) is 4.62. The number of hydrogen-bond donors (Lipinski definition) is 2. The Morgan fingerprint density at radius 3 is 2.71 bits per heavy atom. The Bertz CT molecular complexity index is 1010. The van der Waals surface area contributed by atoms with E-state index in [1.165, 1.54) is 6.92 Å². The van der Waals surface area contributed by atoms with Gasteiger partial charge in [0.2, 0.25) is 5.91 Å². The highest BCUT2D eigenvalue weighted by molar-refractivity contribution is 6.33. The smallest absolute Gasteiger partial charge is 0.221 e. The monoisotopic (exact) mass is 401 g/mol. The van der Waals surface area contributed by atoms with Crippen LogP contribution < -0.4 is 20.5 Å². The normalized spacial score (nSPS) is 10.7. The van der Waals surface area contributed by atoms with Gasteiger partial charge in [0.05, 0.1) is 28.5 Å². The maximum absolute atomic E-state index is 11.6. The number of methoxy groups -OCH3 is 1. The van der Waals surface area contributed by atoms with Gasteiger partial charge in [0.25, 0.3) is 0 Å². The van der Waals surface area contributed by atoms with Crippen LogP contribution in [-0.2, 0) is 9.53 Å². The molecule has 1 heterocycles. The molecular formula is C20H20ClN3O4. The molecule has 3 rings (SSSR count). The molecule has 3 N–H and O–H groups in total. The number of ether oxygens (including phenoxy) is 3. The average molecular weight is 402 g/mol. The fraction of sp³-hybridized carbons (Fsp3) is 0.200. The number of aromatic nitrogens is 1. The molecule has 0 aliphatic heterocycles. The molecule has 2 aromatic carbocycles.